The molecule has 0 saturated heterocycles. The van der Waals surface area contributed by atoms with Gasteiger partial charge in [0.05, 0.1) is 0 Å². The summed E-state index contributed by atoms with van der Waals surface area (Å²) in [5.74, 6) is 0.789. The van der Waals surface area contributed by atoms with E-state index < -0.39 is 0 Å². The molecule has 0 aliphatic heterocycles. The molecule has 1 unspecified atom stereocenters. The second-order valence-corrected chi connectivity index (χ2v) is 5.95. The zero-order chi connectivity index (χ0) is 14.9. The van der Waals surface area contributed by atoms with Gasteiger partial charge in [0.1, 0.15) is 6.79 Å². The van der Waals surface area contributed by atoms with Gasteiger partial charge in [-0.2, -0.15) is 13.3 Å². The van der Waals surface area contributed by atoms with Crippen LogP contribution in [-0.2, 0) is 9.47 Å². The molecule has 0 aliphatic carbocycles. The van der Waals surface area contributed by atoms with Crippen LogP contribution < -0.4 is 12.4 Å². The summed E-state index contributed by atoms with van der Waals surface area (Å²) in [7, 11) is 0. The second-order valence-electron chi connectivity index (χ2n) is 5.95. The monoisotopic (exact) mass is 344 g/mol. The molecule has 0 spiro atoms. The van der Waals surface area contributed by atoms with Crippen molar-refractivity contribution in [3.8, 4) is 0 Å². The molecule has 0 fully saturated rings. The second kappa shape index (κ2) is 24.2. The largest absolute Gasteiger partial charge is 2.00 e. The van der Waals surface area contributed by atoms with Gasteiger partial charge in [0.25, 0.3) is 0 Å². The summed E-state index contributed by atoms with van der Waals surface area (Å²) in [5.41, 5.74) is 0. The first-order valence-electron chi connectivity index (χ1n) is 8.74. The first kappa shape index (κ1) is 27.8. The minimum Gasteiger partial charge on any atom is -1.00 e. The van der Waals surface area contributed by atoms with E-state index in [1.54, 1.807) is 0 Å². The maximum absolute atomic E-state index is 5.49. The summed E-state index contributed by atoms with van der Waals surface area (Å²) in [6.07, 6.45) is 15.2. The quantitative estimate of drug-likeness (QED) is 0.185. The van der Waals surface area contributed by atoms with E-state index in [9.17, 15) is 0 Å². The molecule has 0 aromatic carbocycles. The van der Waals surface area contributed by atoms with Gasteiger partial charge in [-0.25, -0.2) is 0 Å². The molecule has 0 radical (unpaired) electrons. The molecular weight excluding hydrogens is 308 g/mol. The zero-order valence-electron chi connectivity index (χ0n) is 15.2. The van der Waals surface area contributed by atoms with Gasteiger partial charge in [-0.15, -0.1) is 0 Å². The third-order valence-corrected chi connectivity index (χ3v) is 3.68. The van der Waals surface area contributed by atoms with Crippen molar-refractivity contribution in [3.63, 3.8) is 0 Å². The Hall–Kier alpha value is 0.976. The van der Waals surface area contributed by atoms with Crippen molar-refractivity contribution in [3.05, 3.63) is 6.42 Å². The van der Waals surface area contributed by atoms with E-state index >= 15 is 0 Å². The average Bonchev–Trinajstić information content (AvgIpc) is 2.44. The Labute approximate surface area is 162 Å². The summed E-state index contributed by atoms with van der Waals surface area (Å²) in [4.78, 5) is 0. The SMILES string of the molecule is C[CH-]CC(C)CCCOCOCCCCCCCCC.[Cl-].[Mg+2]. The van der Waals surface area contributed by atoms with Crippen molar-refractivity contribution in [1.82, 2.24) is 0 Å². The van der Waals surface area contributed by atoms with Crippen molar-refractivity contribution in [1.29, 1.82) is 0 Å². The van der Waals surface area contributed by atoms with Gasteiger partial charge in [0, 0.05) is 13.2 Å². The molecule has 0 aromatic heterocycles. The van der Waals surface area contributed by atoms with Crippen LogP contribution in [0.15, 0.2) is 0 Å². The van der Waals surface area contributed by atoms with Gasteiger partial charge >= 0.3 is 23.1 Å². The van der Waals surface area contributed by atoms with Crippen LogP contribution in [0.4, 0.5) is 0 Å². The van der Waals surface area contributed by atoms with Crippen LogP contribution in [0.1, 0.15) is 85.0 Å². The Balaban J connectivity index is -0.00000180. The van der Waals surface area contributed by atoms with E-state index in [-0.39, 0.29) is 35.5 Å². The van der Waals surface area contributed by atoms with Crippen LogP contribution in [0.2, 0.25) is 0 Å². The van der Waals surface area contributed by atoms with E-state index in [0.29, 0.717) is 6.79 Å². The minimum absolute atomic E-state index is 0. The number of unbranched alkanes of at least 4 members (excludes halogenated alkanes) is 6. The summed E-state index contributed by atoms with van der Waals surface area (Å²) < 4.78 is 11.0. The molecule has 4 heteroatoms. The fourth-order valence-corrected chi connectivity index (χ4v) is 2.39. The van der Waals surface area contributed by atoms with Crippen LogP contribution in [0, 0.1) is 12.3 Å². The topological polar surface area (TPSA) is 18.5 Å². The van der Waals surface area contributed by atoms with E-state index in [4.69, 9.17) is 9.47 Å². The Morgan fingerprint density at radius 1 is 0.864 bits per heavy atom. The predicted molar refractivity (Wildman–Crippen MR) is 93.5 cm³/mol. The molecule has 1 atom stereocenters. The Kier molecular flexibility index (Phi) is 30.6. The Bertz CT molecular complexity index is 182. The third-order valence-electron chi connectivity index (χ3n) is 3.68. The van der Waals surface area contributed by atoms with Crippen molar-refractivity contribution >= 4 is 23.1 Å². The Morgan fingerprint density at radius 3 is 2.00 bits per heavy atom. The first-order valence-corrected chi connectivity index (χ1v) is 8.74. The summed E-state index contributed by atoms with van der Waals surface area (Å²) in [6, 6.07) is 0. The van der Waals surface area contributed by atoms with Crippen LogP contribution in [0.5, 0.6) is 0 Å². The maximum atomic E-state index is 5.49. The molecule has 0 bridgehead atoms. The fourth-order valence-electron chi connectivity index (χ4n) is 2.39. The minimum atomic E-state index is 0. The molecule has 0 amide bonds. The average molecular weight is 345 g/mol. The number of rotatable bonds is 16. The molecular formula is C18H37ClMgO2. The van der Waals surface area contributed by atoms with Crippen LogP contribution in [0.3, 0.4) is 0 Å². The third kappa shape index (κ3) is 23.2. The standard InChI is InChI=1S/C18H37O2.ClH.Mg/c1-4-6-7-8-9-10-11-15-19-17-20-16-12-14-18(3)13-5-2;;/h5,18H,4,6-17H2,1-3H3;1H;/q-1;;+2/p-1. The van der Waals surface area contributed by atoms with Crippen LogP contribution in [0.25, 0.3) is 0 Å². The van der Waals surface area contributed by atoms with E-state index in [1.165, 1.54) is 57.8 Å². The summed E-state index contributed by atoms with van der Waals surface area (Å²) in [6.45, 7) is 8.86. The predicted octanol–water partition coefficient (Wildman–Crippen LogP) is 2.38. The van der Waals surface area contributed by atoms with Crippen LogP contribution in [-0.4, -0.2) is 43.1 Å². The number of hydrogen-bond donors (Lipinski definition) is 0. The van der Waals surface area contributed by atoms with E-state index in [0.717, 1.165) is 25.6 Å². The summed E-state index contributed by atoms with van der Waals surface area (Å²) in [5, 5.41) is 0. The number of ether oxygens (including phenoxy) is 2. The fraction of sp³-hybridized carbons (Fsp3) is 0.944. The van der Waals surface area contributed by atoms with E-state index in [2.05, 4.69) is 27.2 Å². The molecule has 0 N–H and O–H groups in total. The van der Waals surface area contributed by atoms with Gasteiger partial charge in [0.15, 0.2) is 0 Å². The summed E-state index contributed by atoms with van der Waals surface area (Å²) >= 11 is 0. The smallest absolute Gasteiger partial charge is 1.00 e. The van der Waals surface area contributed by atoms with E-state index in [1.807, 2.05) is 0 Å². The molecule has 0 rings (SSSR count). The van der Waals surface area contributed by atoms with Gasteiger partial charge in [0.2, 0.25) is 0 Å². The molecule has 22 heavy (non-hydrogen) atoms. The normalized spacial score (nSPS) is 11.6. The molecule has 0 aliphatic rings. The van der Waals surface area contributed by atoms with Gasteiger partial charge in [-0.1, -0.05) is 64.7 Å². The molecule has 2 nitrogen and oxygen atoms in total. The van der Waals surface area contributed by atoms with Crippen molar-refractivity contribution in [2.24, 2.45) is 5.92 Å². The van der Waals surface area contributed by atoms with Crippen molar-refractivity contribution in [2.45, 2.75) is 85.0 Å². The molecule has 130 valence electrons. The number of hydrogen-bond acceptors (Lipinski definition) is 2. The van der Waals surface area contributed by atoms with Gasteiger partial charge in [-0.3, -0.25) is 0 Å². The molecule has 0 aromatic rings. The molecule has 0 heterocycles. The first-order chi connectivity index (χ1) is 9.81. The van der Waals surface area contributed by atoms with Crippen molar-refractivity contribution < 1.29 is 21.9 Å². The van der Waals surface area contributed by atoms with Crippen LogP contribution >= 0.6 is 0 Å². The van der Waals surface area contributed by atoms with Crippen molar-refractivity contribution in [2.75, 3.05) is 20.0 Å². The van der Waals surface area contributed by atoms with Gasteiger partial charge < -0.3 is 28.3 Å². The number of halogens is 1. The van der Waals surface area contributed by atoms with Gasteiger partial charge in [-0.05, 0) is 12.8 Å². The molecule has 0 saturated carbocycles. The zero-order valence-corrected chi connectivity index (χ0v) is 17.4. The Morgan fingerprint density at radius 2 is 1.41 bits per heavy atom. The maximum Gasteiger partial charge on any atom is 2.00 e.